The van der Waals surface area contributed by atoms with Crippen LogP contribution in [-0.4, -0.2) is 90.5 Å². The first-order chi connectivity index (χ1) is 18.3. The van der Waals surface area contributed by atoms with E-state index in [0.29, 0.717) is 22.7 Å². The first-order valence-electron chi connectivity index (χ1n) is 11.6. The van der Waals surface area contributed by atoms with E-state index < -0.39 is 55.5 Å². The Bertz CT molecular complexity index is 1150. The molecule has 0 aromatic carbocycles. The van der Waals surface area contributed by atoms with Gasteiger partial charge in [-0.15, -0.1) is 22.7 Å². The molecule has 2 aromatic heterocycles. The van der Waals surface area contributed by atoms with Crippen molar-refractivity contribution in [2.45, 2.75) is 12.8 Å². The van der Waals surface area contributed by atoms with Gasteiger partial charge in [0.2, 0.25) is 0 Å². The SMILES string of the molecule is O=P(O)(O)CN1CCCN(CP(=O)(O)O)c2cscc2N(CP(=O)(O)O)CCCN(CP(=O)(O)O)c2cscc21.[90Y]. The van der Waals surface area contributed by atoms with Crippen LogP contribution in [0.2, 0.25) is 0 Å². The van der Waals surface area contributed by atoms with Crippen LogP contribution in [0, 0.1) is 0 Å². The third kappa shape index (κ3) is 12.7. The average molecular weight is 774 g/mol. The van der Waals surface area contributed by atoms with Crippen LogP contribution in [0.5, 0.6) is 0 Å². The van der Waals surface area contributed by atoms with E-state index in [-0.39, 0.29) is 71.7 Å². The number of rotatable bonds is 8. The molecule has 0 bridgehead atoms. The summed E-state index contributed by atoms with van der Waals surface area (Å²) in [5.41, 5.74) is 1.29. The minimum atomic E-state index is -4.60. The van der Waals surface area contributed by atoms with Gasteiger partial charge >= 0.3 is 30.4 Å². The Balaban J connectivity index is 0.00000588. The summed E-state index contributed by atoms with van der Waals surface area (Å²) in [5.74, 6) is 0. The number of anilines is 4. The Morgan fingerprint density at radius 2 is 0.683 bits per heavy atom. The minimum Gasteiger partial charge on any atom is -0.357 e. The summed E-state index contributed by atoms with van der Waals surface area (Å²) in [7, 11) is -18.4. The number of thiophene rings is 2. The predicted octanol–water partition coefficient (Wildman–Crippen LogP) is 2.07. The van der Waals surface area contributed by atoms with Gasteiger partial charge in [0.1, 0.15) is 25.1 Å². The molecule has 0 aliphatic carbocycles. The van der Waals surface area contributed by atoms with Gasteiger partial charge in [-0.05, 0) is 12.8 Å². The fourth-order valence-corrected chi connectivity index (χ4v) is 9.06. The molecule has 41 heavy (non-hydrogen) atoms. The van der Waals surface area contributed by atoms with Gasteiger partial charge in [-0.1, -0.05) is 0 Å². The molecule has 16 nitrogen and oxygen atoms in total. The third-order valence-corrected chi connectivity index (χ3v) is 10.0. The fraction of sp³-hybridized carbons (Fsp3) is 0.556. The van der Waals surface area contributed by atoms with Crippen LogP contribution in [-0.2, 0) is 51.0 Å². The van der Waals surface area contributed by atoms with E-state index in [9.17, 15) is 57.4 Å². The summed E-state index contributed by atoms with van der Waals surface area (Å²) in [6.07, 6.45) is -2.47. The minimum absolute atomic E-state index is 0. The molecule has 0 saturated heterocycles. The van der Waals surface area contributed by atoms with Crippen molar-refractivity contribution < 1.29 is 90.1 Å². The van der Waals surface area contributed by atoms with Gasteiger partial charge in [0.05, 0.1) is 22.7 Å². The Morgan fingerprint density at radius 1 is 0.488 bits per heavy atom. The zero-order valence-electron chi connectivity index (χ0n) is 21.6. The fourth-order valence-electron chi connectivity index (χ4n) is 4.38. The maximum Gasteiger partial charge on any atom is 0.344 e. The zero-order chi connectivity index (χ0) is 29.9. The van der Waals surface area contributed by atoms with Crippen LogP contribution in [0.15, 0.2) is 21.5 Å². The molecule has 23 heteroatoms. The zero-order valence-corrected chi connectivity index (χ0v) is 29.6. The quantitative estimate of drug-likeness (QED) is 0.179. The Morgan fingerprint density at radius 3 is 0.854 bits per heavy atom. The van der Waals surface area contributed by atoms with E-state index in [4.69, 9.17) is 0 Å². The number of nitrogens with zero attached hydrogens (tertiary/aromatic N) is 4. The average Bonchev–Trinajstić information content (AvgIpc) is 3.42. The van der Waals surface area contributed by atoms with E-state index in [1.807, 2.05) is 0 Å². The van der Waals surface area contributed by atoms with Crippen molar-refractivity contribution in [2.75, 3.05) is 70.9 Å². The van der Waals surface area contributed by atoms with Crippen molar-refractivity contribution in [3.8, 4) is 0 Å². The van der Waals surface area contributed by atoms with Crippen LogP contribution in [0.4, 0.5) is 22.7 Å². The van der Waals surface area contributed by atoms with E-state index in [1.54, 1.807) is 21.5 Å². The van der Waals surface area contributed by atoms with Crippen molar-refractivity contribution in [3.05, 3.63) is 21.5 Å². The molecular weight excluding hydrogens is 742 g/mol. The molecule has 8 N–H and O–H groups in total. The second kappa shape index (κ2) is 15.1. The summed E-state index contributed by atoms with van der Waals surface area (Å²) >= 11 is 2.32. The van der Waals surface area contributed by atoms with Gasteiger partial charge in [0.25, 0.3) is 0 Å². The van der Waals surface area contributed by atoms with E-state index in [1.165, 1.54) is 19.6 Å². The number of hydrogen-bond acceptors (Lipinski definition) is 10. The predicted molar refractivity (Wildman–Crippen MR) is 155 cm³/mol. The smallest absolute Gasteiger partial charge is 0.344 e. The molecular formula is C18H32N4O12P4S2Y. The van der Waals surface area contributed by atoms with Gasteiger partial charge in [-0.2, -0.15) is 0 Å². The summed E-state index contributed by atoms with van der Waals surface area (Å²) in [6, 6.07) is 0. The third-order valence-electron chi connectivity index (χ3n) is 5.74. The molecule has 0 atom stereocenters. The molecule has 0 saturated carbocycles. The van der Waals surface area contributed by atoms with Gasteiger partial charge in [0.15, 0.2) is 0 Å². The van der Waals surface area contributed by atoms with Gasteiger partial charge < -0.3 is 58.7 Å². The standard InChI is InChI=1S/C18H32N4O12P4S2.Y/c23-35(24,25)11-19-3-1-4-20(12-36(26,27)28)16-8-40-10-18(16)22(14-38(32,33)34)6-2-5-21(13-37(29,30)31)17-9-39-7-15(17)19;/h7-10H,1-6,11-14H2,(H2,23,24,25)(H2,26,27,28)(H2,29,30,31)(H2,32,33,34);/i;1+1. The largest absolute Gasteiger partial charge is 0.357 e. The molecule has 0 amide bonds. The number of fused-ring (bicyclic) bond motifs is 2. The van der Waals surface area contributed by atoms with Crippen molar-refractivity contribution in [2.24, 2.45) is 0 Å². The molecule has 0 spiro atoms. The molecule has 3 heterocycles. The molecule has 231 valence electrons. The second-order valence-corrected chi connectivity index (χ2v) is 17.2. The van der Waals surface area contributed by atoms with E-state index in [2.05, 4.69) is 0 Å². The van der Waals surface area contributed by atoms with E-state index in [0.717, 1.165) is 22.7 Å². The van der Waals surface area contributed by atoms with Crippen molar-refractivity contribution in [3.63, 3.8) is 0 Å². The van der Waals surface area contributed by atoms with Gasteiger partial charge in [-0.3, -0.25) is 18.3 Å². The maximum absolute atomic E-state index is 12.0. The normalized spacial score (nSPS) is 16.6. The topological polar surface area (TPSA) is 243 Å². The monoisotopic (exact) mass is 774 g/mol. The molecule has 0 fully saturated rings. The first kappa shape index (κ1) is 37.5. The Labute approximate surface area is 269 Å². The van der Waals surface area contributed by atoms with Gasteiger partial charge in [0, 0.05) is 80.4 Å². The second-order valence-electron chi connectivity index (χ2n) is 9.27. The molecule has 1 aliphatic heterocycles. The van der Waals surface area contributed by atoms with Crippen molar-refractivity contribution in [1.29, 1.82) is 0 Å². The Hall–Kier alpha value is 0.304. The van der Waals surface area contributed by atoms with Crippen LogP contribution in [0.3, 0.4) is 0 Å². The first-order valence-corrected chi connectivity index (χ1v) is 20.7. The molecule has 2 aromatic rings. The molecule has 3 rings (SSSR count). The van der Waals surface area contributed by atoms with Crippen molar-refractivity contribution >= 4 is 75.8 Å². The number of hydrogen-bond donors (Lipinski definition) is 8. The molecule has 1 aliphatic rings. The van der Waals surface area contributed by atoms with Gasteiger partial charge in [-0.25, -0.2) is 0 Å². The summed E-state index contributed by atoms with van der Waals surface area (Å²) in [4.78, 5) is 83.4. The molecule has 0 unspecified atom stereocenters. The maximum atomic E-state index is 12.0. The van der Waals surface area contributed by atoms with Crippen molar-refractivity contribution in [1.82, 2.24) is 0 Å². The van der Waals surface area contributed by atoms with Crippen LogP contribution in [0.25, 0.3) is 0 Å². The summed E-state index contributed by atoms with van der Waals surface area (Å²) in [6.45, 7) is 0.0632. The van der Waals surface area contributed by atoms with E-state index >= 15 is 0 Å². The Kier molecular flexibility index (Phi) is 13.8. The van der Waals surface area contributed by atoms with Crippen LogP contribution < -0.4 is 19.6 Å². The van der Waals surface area contributed by atoms with Crippen LogP contribution >= 0.6 is 53.1 Å². The summed E-state index contributed by atoms with van der Waals surface area (Å²) < 4.78 is 47.9. The summed E-state index contributed by atoms with van der Waals surface area (Å²) in [5, 5.41) is 6.37. The van der Waals surface area contributed by atoms with Crippen LogP contribution in [0.1, 0.15) is 12.8 Å². The molecule has 1 radical (unpaired) electrons.